The van der Waals surface area contributed by atoms with E-state index in [1.165, 1.54) is 13.1 Å². The van der Waals surface area contributed by atoms with E-state index in [1.54, 1.807) is 24.3 Å². The van der Waals surface area contributed by atoms with Crippen LogP contribution in [0, 0.1) is 0 Å². The fourth-order valence-electron chi connectivity index (χ4n) is 1.33. The zero-order valence-electron chi connectivity index (χ0n) is 10.3. The number of hydrogen-bond donors (Lipinski definition) is 2. The molecule has 0 saturated heterocycles. The largest absolute Gasteiger partial charge is 0.302 e. The van der Waals surface area contributed by atoms with Crippen molar-refractivity contribution in [3.05, 3.63) is 35.5 Å². The summed E-state index contributed by atoms with van der Waals surface area (Å²) in [6.45, 7) is 1.32. The van der Waals surface area contributed by atoms with Crippen LogP contribution in [0.15, 0.2) is 34.7 Å². The van der Waals surface area contributed by atoms with Crippen LogP contribution in [0.1, 0.15) is 6.92 Å². The monoisotopic (exact) mass is 331 g/mol. The van der Waals surface area contributed by atoms with Crippen molar-refractivity contribution in [3.8, 4) is 0 Å². The predicted molar refractivity (Wildman–Crippen MR) is 78.7 cm³/mol. The molecule has 20 heavy (non-hydrogen) atoms. The molecule has 0 radical (unpaired) electrons. The van der Waals surface area contributed by atoms with E-state index >= 15 is 0 Å². The van der Waals surface area contributed by atoms with Gasteiger partial charge in [-0.2, -0.15) is 0 Å². The number of halogens is 1. The van der Waals surface area contributed by atoms with E-state index in [4.69, 9.17) is 11.6 Å². The quantitative estimate of drug-likeness (QED) is 0.901. The standard InChI is InChI=1S/C11H10ClN3O3S2/c1-7(16)14-11-13-6-10(19-11)20(17,18)15-9-5-3-2-4-8(9)12/h2-6,15H,1H3,(H,13,14,16). The Bertz CT molecular complexity index is 743. The third-order valence-electron chi connectivity index (χ3n) is 2.15. The highest BCUT2D eigenvalue weighted by molar-refractivity contribution is 7.94. The van der Waals surface area contributed by atoms with Gasteiger partial charge in [0.1, 0.15) is 0 Å². The van der Waals surface area contributed by atoms with Gasteiger partial charge in [0.05, 0.1) is 16.9 Å². The van der Waals surface area contributed by atoms with Crippen molar-refractivity contribution >= 4 is 49.7 Å². The predicted octanol–water partition coefficient (Wildman–Crippen LogP) is 2.56. The maximum absolute atomic E-state index is 12.1. The molecule has 0 bridgehead atoms. The Morgan fingerprint density at radius 2 is 2.05 bits per heavy atom. The van der Waals surface area contributed by atoms with E-state index in [9.17, 15) is 13.2 Å². The van der Waals surface area contributed by atoms with Crippen LogP contribution in [0.3, 0.4) is 0 Å². The van der Waals surface area contributed by atoms with E-state index in [0.29, 0.717) is 5.02 Å². The van der Waals surface area contributed by atoms with E-state index < -0.39 is 10.0 Å². The highest BCUT2D eigenvalue weighted by Gasteiger charge is 2.19. The first-order valence-electron chi connectivity index (χ1n) is 5.39. The summed E-state index contributed by atoms with van der Waals surface area (Å²) in [7, 11) is -3.78. The van der Waals surface area contributed by atoms with Crippen molar-refractivity contribution < 1.29 is 13.2 Å². The molecular formula is C11H10ClN3O3S2. The summed E-state index contributed by atoms with van der Waals surface area (Å²) < 4.78 is 26.6. The second-order valence-electron chi connectivity index (χ2n) is 3.75. The van der Waals surface area contributed by atoms with Crippen molar-refractivity contribution in [2.45, 2.75) is 11.1 Å². The zero-order valence-corrected chi connectivity index (χ0v) is 12.6. The molecule has 0 aliphatic rings. The molecule has 2 N–H and O–H groups in total. The Morgan fingerprint density at radius 1 is 1.35 bits per heavy atom. The Morgan fingerprint density at radius 3 is 2.70 bits per heavy atom. The lowest BCUT2D eigenvalue weighted by molar-refractivity contribution is -0.114. The van der Waals surface area contributed by atoms with Gasteiger partial charge in [0.25, 0.3) is 10.0 Å². The minimum absolute atomic E-state index is 0.0128. The number of hydrogen-bond acceptors (Lipinski definition) is 5. The number of amides is 1. The van der Waals surface area contributed by atoms with Gasteiger partial charge in [0.15, 0.2) is 9.34 Å². The number of para-hydroxylation sites is 1. The Balaban J connectivity index is 2.25. The van der Waals surface area contributed by atoms with Crippen LogP contribution in [0.2, 0.25) is 5.02 Å². The molecule has 6 nitrogen and oxygen atoms in total. The van der Waals surface area contributed by atoms with Crippen LogP contribution in [-0.2, 0) is 14.8 Å². The SMILES string of the molecule is CC(=O)Nc1ncc(S(=O)(=O)Nc2ccccc2Cl)s1. The first-order chi connectivity index (χ1) is 9.38. The lowest BCUT2D eigenvalue weighted by atomic mass is 10.3. The number of nitrogens with zero attached hydrogens (tertiary/aromatic N) is 1. The fourth-order valence-corrected chi connectivity index (χ4v) is 3.73. The lowest BCUT2D eigenvalue weighted by Crippen LogP contribution is -2.11. The third-order valence-corrected chi connectivity index (χ3v) is 5.22. The molecule has 1 heterocycles. The van der Waals surface area contributed by atoms with Crippen LogP contribution < -0.4 is 10.0 Å². The molecule has 9 heteroatoms. The second kappa shape index (κ2) is 5.78. The lowest BCUT2D eigenvalue weighted by Gasteiger charge is -2.07. The van der Waals surface area contributed by atoms with Gasteiger partial charge in [-0.1, -0.05) is 35.1 Å². The molecule has 106 valence electrons. The summed E-state index contributed by atoms with van der Waals surface area (Å²) in [5, 5.41) is 2.94. The molecule has 0 atom stereocenters. The fraction of sp³-hybridized carbons (Fsp3) is 0.0909. The summed E-state index contributed by atoms with van der Waals surface area (Å²) in [4.78, 5) is 14.7. The maximum atomic E-state index is 12.1. The average molecular weight is 332 g/mol. The van der Waals surface area contributed by atoms with Gasteiger partial charge >= 0.3 is 0 Å². The molecule has 0 fully saturated rings. The van der Waals surface area contributed by atoms with E-state index in [2.05, 4.69) is 15.0 Å². The number of carbonyl (C=O) groups is 1. The summed E-state index contributed by atoms with van der Waals surface area (Å²) in [6, 6.07) is 6.49. The molecule has 1 aromatic heterocycles. The van der Waals surface area contributed by atoms with E-state index in [-0.39, 0.29) is 20.9 Å². The Kier molecular flexibility index (Phi) is 4.26. The molecule has 2 aromatic rings. The van der Waals surface area contributed by atoms with Gasteiger partial charge in [0, 0.05) is 6.92 Å². The number of rotatable bonds is 4. The van der Waals surface area contributed by atoms with Gasteiger partial charge in [-0.05, 0) is 12.1 Å². The van der Waals surface area contributed by atoms with E-state index in [0.717, 1.165) is 11.3 Å². The molecule has 0 aliphatic heterocycles. The molecule has 0 saturated carbocycles. The summed E-state index contributed by atoms with van der Waals surface area (Å²) in [5.74, 6) is -0.317. The van der Waals surface area contributed by atoms with Crippen LogP contribution in [0.25, 0.3) is 0 Å². The van der Waals surface area contributed by atoms with Crippen LogP contribution in [0.4, 0.5) is 10.8 Å². The van der Waals surface area contributed by atoms with Gasteiger partial charge in [-0.3, -0.25) is 9.52 Å². The van der Waals surface area contributed by atoms with Crippen molar-refractivity contribution in [1.29, 1.82) is 0 Å². The van der Waals surface area contributed by atoms with Crippen molar-refractivity contribution in [2.75, 3.05) is 10.0 Å². The normalized spacial score (nSPS) is 11.1. The number of sulfonamides is 1. The molecular weight excluding hydrogens is 322 g/mol. The number of aromatic nitrogens is 1. The van der Waals surface area contributed by atoms with Crippen molar-refractivity contribution in [3.63, 3.8) is 0 Å². The van der Waals surface area contributed by atoms with Gasteiger partial charge < -0.3 is 5.32 Å². The van der Waals surface area contributed by atoms with E-state index in [1.807, 2.05) is 0 Å². The molecule has 0 unspecified atom stereocenters. The molecule has 1 aromatic carbocycles. The summed E-state index contributed by atoms with van der Waals surface area (Å²) in [5.41, 5.74) is 0.281. The van der Waals surface area contributed by atoms with Gasteiger partial charge in [-0.25, -0.2) is 13.4 Å². The van der Waals surface area contributed by atoms with Crippen LogP contribution >= 0.6 is 22.9 Å². The summed E-state index contributed by atoms with van der Waals surface area (Å²) in [6.07, 6.45) is 1.18. The average Bonchev–Trinajstić information content (AvgIpc) is 2.80. The Labute approximate surface area is 124 Å². The van der Waals surface area contributed by atoms with Gasteiger partial charge in [-0.15, -0.1) is 0 Å². The first kappa shape index (κ1) is 14.8. The zero-order chi connectivity index (χ0) is 14.8. The van der Waals surface area contributed by atoms with Crippen molar-refractivity contribution in [1.82, 2.24) is 4.98 Å². The molecule has 2 rings (SSSR count). The third kappa shape index (κ3) is 3.47. The first-order valence-corrected chi connectivity index (χ1v) is 8.07. The number of anilines is 2. The van der Waals surface area contributed by atoms with Gasteiger partial charge in [0.2, 0.25) is 5.91 Å². The highest BCUT2D eigenvalue weighted by atomic mass is 35.5. The maximum Gasteiger partial charge on any atom is 0.273 e. The molecule has 0 aliphatic carbocycles. The number of carbonyl (C=O) groups excluding carboxylic acids is 1. The number of benzene rings is 1. The van der Waals surface area contributed by atoms with Crippen LogP contribution in [-0.4, -0.2) is 19.3 Å². The second-order valence-corrected chi connectivity index (χ2v) is 7.10. The molecule has 0 spiro atoms. The Hall–Kier alpha value is -1.64. The minimum atomic E-state index is -3.78. The minimum Gasteiger partial charge on any atom is -0.302 e. The number of thiazole rings is 1. The molecule has 1 amide bonds. The highest BCUT2D eigenvalue weighted by Crippen LogP contribution is 2.27. The van der Waals surface area contributed by atoms with Crippen LogP contribution in [0.5, 0.6) is 0 Å². The number of nitrogens with one attached hydrogen (secondary N) is 2. The topological polar surface area (TPSA) is 88.2 Å². The smallest absolute Gasteiger partial charge is 0.273 e. The summed E-state index contributed by atoms with van der Waals surface area (Å²) >= 11 is 6.75. The van der Waals surface area contributed by atoms with Crippen molar-refractivity contribution in [2.24, 2.45) is 0 Å².